The molecule has 0 aromatic heterocycles. The highest BCUT2D eigenvalue weighted by molar-refractivity contribution is 7.89. The molecule has 4 nitrogen and oxygen atoms in total. The molecule has 0 aliphatic carbocycles. The first-order valence-electron chi connectivity index (χ1n) is 5.67. The molecule has 0 spiro atoms. The Bertz CT molecular complexity index is 514. The van der Waals surface area contributed by atoms with Crippen molar-refractivity contribution in [2.24, 2.45) is 5.92 Å². The monoisotopic (exact) mass is 291 g/mol. The van der Waals surface area contributed by atoms with E-state index in [-0.39, 0.29) is 22.4 Å². The van der Waals surface area contributed by atoms with Crippen molar-refractivity contribution in [1.29, 1.82) is 0 Å². The lowest BCUT2D eigenvalue weighted by Crippen LogP contribution is -2.41. The second kappa shape index (κ2) is 6.02. The molecule has 0 bridgehead atoms. The van der Waals surface area contributed by atoms with Gasteiger partial charge in [-0.05, 0) is 30.5 Å². The third-order valence-corrected chi connectivity index (χ3v) is 4.66. The third kappa shape index (κ3) is 3.68. The molecule has 0 saturated carbocycles. The number of hydrogen-bond donors (Lipinski definition) is 2. The summed E-state index contributed by atoms with van der Waals surface area (Å²) in [6, 6.07) is 4.23. The lowest BCUT2D eigenvalue weighted by molar-refractivity contribution is 0.227. The molecular formula is C12H18ClNO3S. The molecule has 0 saturated heterocycles. The Kier molecular flexibility index (Phi) is 5.16. The predicted molar refractivity (Wildman–Crippen MR) is 72.2 cm³/mol. The first-order chi connectivity index (χ1) is 8.27. The number of halogens is 1. The van der Waals surface area contributed by atoms with Crippen LogP contribution < -0.4 is 4.72 Å². The zero-order valence-electron chi connectivity index (χ0n) is 10.6. The van der Waals surface area contributed by atoms with Gasteiger partial charge in [-0.3, -0.25) is 0 Å². The number of rotatable bonds is 5. The molecule has 6 heteroatoms. The molecule has 1 aromatic carbocycles. The van der Waals surface area contributed by atoms with E-state index in [1.165, 1.54) is 6.07 Å². The second-order valence-corrected chi connectivity index (χ2v) is 6.68. The molecule has 0 amide bonds. The second-order valence-electron chi connectivity index (χ2n) is 4.59. The Balaban J connectivity index is 3.06. The van der Waals surface area contributed by atoms with Crippen LogP contribution in [0.2, 0.25) is 5.02 Å². The number of aliphatic hydroxyl groups is 1. The van der Waals surface area contributed by atoms with Crippen LogP contribution in [-0.4, -0.2) is 26.2 Å². The van der Waals surface area contributed by atoms with Crippen LogP contribution in [0.25, 0.3) is 0 Å². The molecule has 2 N–H and O–H groups in total. The maximum atomic E-state index is 12.1. The number of aliphatic hydroxyl groups excluding tert-OH is 1. The Hall–Kier alpha value is -0.620. The summed E-state index contributed by atoms with van der Waals surface area (Å²) < 4.78 is 26.7. The SMILES string of the molecule is Cc1ccc(S(=O)(=O)N[C@H](CO)C(C)C)c(Cl)c1. The van der Waals surface area contributed by atoms with Crippen molar-refractivity contribution in [3.63, 3.8) is 0 Å². The highest BCUT2D eigenvalue weighted by atomic mass is 35.5. The van der Waals surface area contributed by atoms with Crippen molar-refractivity contribution in [3.05, 3.63) is 28.8 Å². The zero-order valence-corrected chi connectivity index (χ0v) is 12.2. The van der Waals surface area contributed by atoms with Crippen molar-refractivity contribution < 1.29 is 13.5 Å². The van der Waals surface area contributed by atoms with Crippen LogP contribution >= 0.6 is 11.6 Å². The van der Waals surface area contributed by atoms with E-state index in [0.717, 1.165) is 5.56 Å². The van der Waals surface area contributed by atoms with Gasteiger partial charge in [0.1, 0.15) is 4.90 Å². The molecule has 1 rings (SSSR count). The van der Waals surface area contributed by atoms with Crippen molar-refractivity contribution in [3.8, 4) is 0 Å². The lowest BCUT2D eigenvalue weighted by atomic mass is 10.1. The van der Waals surface area contributed by atoms with Crippen LogP contribution in [0, 0.1) is 12.8 Å². The summed E-state index contributed by atoms with van der Waals surface area (Å²) in [5.41, 5.74) is 0.890. The number of aryl methyl sites for hydroxylation is 1. The van der Waals surface area contributed by atoms with Crippen molar-refractivity contribution in [1.82, 2.24) is 4.72 Å². The molecule has 0 radical (unpaired) electrons. The predicted octanol–water partition coefficient (Wildman–Crippen LogP) is 1.94. The van der Waals surface area contributed by atoms with Gasteiger partial charge in [-0.25, -0.2) is 13.1 Å². The van der Waals surface area contributed by atoms with E-state index >= 15 is 0 Å². The molecule has 0 aliphatic rings. The van der Waals surface area contributed by atoms with Crippen LogP contribution in [-0.2, 0) is 10.0 Å². The molecule has 1 aromatic rings. The van der Waals surface area contributed by atoms with Crippen LogP contribution in [0.5, 0.6) is 0 Å². The van der Waals surface area contributed by atoms with E-state index in [4.69, 9.17) is 16.7 Å². The van der Waals surface area contributed by atoms with Gasteiger partial charge in [-0.15, -0.1) is 0 Å². The average molecular weight is 292 g/mol. The number of nitrogens with one attached hydrogen (secondary N) is 1. The first-order valence-corrected chi connectivity index (χ1v) is 7.53. The Morgan fingerprint density at radius 2 is 2.00 bits per heavy atom. The molecule has 0 heterocycles. The highest BCUT2D eigenvalue weighted by Crippen LogP contribution is 2.23. The molecule has 102 valence electrons. The summed E-state index contributed by atoms with van der Waals surface area (Å²) in [6.45, 7) is 5.25. The Morgan fingerprint density at radius 1 is 1.39 bits per heavy atom. The van der Waals surface area contributed by atoms with Crippen LogP contribution in [0.3, 0.4) is 0 Å². The van der Waals surface area contributed by atoms with E-state index < -0.39 is 16.1 Å². The van der Waals surface area contributed by atoms with Crippen LogP contribution in [0.4, 0.5) is 0 Å². The van der Waals surface area contributed by atoms with E-state index in [1.54, 1.807) is 12.1 Å². The maximum absolute atomic E-state index is 12.1. The van der Waals surface area contributed by atoms with Crippen molar-refractivity contribution in [2.75, 3.05) is 6.61 Å². The zero-order chi connectivity index (χ0) is 13.9. The number of sulfonamides is 1. The van der Waals surface area contributed by atoms with Crippen molar-refractivity contribution in [2.45, 2.75) is 31.7 Å². The summed E-state index contributed by atoms with van der Waals surface area (Å²) >= 11 is 5.94. The lowest BCUT2D eigenvalue weighted by Gasteiger charge is -2.20. The summed E-state index contributed by atoms with van der Waals surface area (Å²) in [7, 11) is -3.71. The summed E-state index contributed by atoms with van der Waals surface area (Å²) in [6.07, 6.45) is 0. The average Bonchev–Trinajstić information content (AvgIpc) is 2.24. The fourth-order valence-corrected chi connectivity index (χ4v) is 3.45. The van der Waals surface area contributed by atoms with Gasteiger partial charge >= 0.3 is 0 Å². The van der Waals surface area contributed by atoms with Gasteiger partial charge in [-0.1, -0.05) is 31.5 Å². The van der Waals surface area contributed by atoms with Gasteiger partial charge in [-0.2, -0.15) is 0 Å². The molecular weight excluding hydrogens is 274 g/mol. The minimum atomic E-state index is -3.71. The third-order valence-electron chi connectivity index (χ3n) is 2.68. The number of hydrogen-bond acceptors (Lipinski definition) is 3. The minimum absolute atomic E-state index is 0.00556. The van der Waals surface area contributed by atoms with E-state index in [2.05, 4.69) is 4.72 Å². The summed E-state index contributed by atoms with van der Waals surface area (Å²) in [4.78, 5) is 0.0360. The maximum Gasteiger partial charge on any atom is 0.242 e. The number of benzene rings is 1. The molecule has 18 heavy (non-hydrogen) atoms. The van der Waals surface area contributed by atoms with Gasteiger partial charge in [0.2, 0.25) is 10.0 Å². The largest absolute Gasteiger partial charge is 0.395 e. The van der Waals surface area contributed by atoms with Crippen LogP contribution in [0.15, 0.2) is 23.1 Å². The smallest absolute Gasteiger partial charge is 0.242 e. The van der Waals surface area contributed by atoms with Crippen molar-refractivity contribution >= 4 is 21.6 Å². The quantitative estimate of drug-likeness (QED) is 0.871. The van der Waals surface area contributed by atoms with Gasteiger partial charge in [0, 0.05) is 6.04 Å². The first kappa shape index (κ1) is 15.4. The van der Waals surface area contributed by atoms with E-state index in [0.29, 0.717) is 0 Å². The Morgan fingerprint density at radius 3 is 2.44 bits per heavy atom. The van der Waals surface area contributed by atoms with Gasteiger partial charge in [0.15, 0.2) is 0 Å². The van der Waals surface area contributed by atoms with E-state index in [9.17, 15) is 8.42 Å². The van der Waals surface area contributed by atoms with Crippen LogP contribution in [0.1, 0.15) is 19.4 Å². The topological polar surface area (TPSA) is 66.4 Å². The van der Waals surface area contributed by atoms with Gasteiger partial charge < -0.3 is 5.11 Å². The van der Waals surface area contributed by atoms with Gasteiger partial charge in [0.25, 0.3) is 0 Å². The fraction of sp³-hybridized carbons (Fsp3) is 0.500. The molecule has 0 unspecified atom stereocenters. The summed E-state index contributed by atoms with van der Waals surface area (Å²) in [5, 5.41) is 9.34. The van der Waals surface area contributed by atoms with Gasteiger partial charge in [0.05, 0.1) is 11.6 Å². The normalized spacial score (nSPS) is 13.9. The molecule has 1 atom stereocenters. The standard InChI is InChI=1S/C12H18ClNO3S/c1-8(2)11(7-15)14-18(16,17)12-5-4-9(3)6-10(12)13/h4-6,8,11,14-15H,7H2,1-3H3/t11-/m1/s1. The molecule has 0 aliphatic heterocycles. The van der Waals surface area contributed by atoms with E-state index in [1.807, 2.05) is 20.8 Å². The fourth-order valence-electron chi connectivity index (χ4n) is 1.47. The minimum Gasteiger partial charge on any atom is -0.395 e. The Labute approximate surface area is 113 Å². The highest BCUT2D eigenvalue weighted by Gasteiger charge is 2.23. The summed E-state index contributed by atoms with van der Waals surface area (Å²) in [5.74, 6) is -0.00556. The molecule has 0 fully saturated rings.